The summed E-state index contributed by atoms with van der Waals surface area (Å²) in [5.74, 6) is 1.37. The van der Waals surface area contributed by atoms with Crippen LogP contribution in [0.3, 0.4) is 0 Å². The Morgan fingerprint density at radius 2 is 2.00 bits per heavy atom. The molecule has 19 heavy (non-hydrogen) atoms. The number of nitrogens with zero attached hydrogens (tertiary/aromatic N) is 3. The highest BCUT2D eigenvalue weighted by Gasteiger charge is 2.26. The van der Waals surface area contributed by atoms with Crippen LogP contribution < -0.4 is 10.6 Å². The molecule has 0 radical (unpaired) electrons. The molecule has 2 heterocycles. The van der Waals surface area contributed by atoms with Crippen molar-refractivity contribution in [3.05, 3.63) is 6.07 Å². The molecule has 1 fully saturated rings. The van der Waals surface area contributed by atoms with E-state index in [1.54, 1.807) is 11.0 Å². The monoisotopic (exact) mass is 267 g/mol. The molecule has 2 rings (SSSR count). The first-order chi connectivity index (χ1) is 8.85. The Labute approximate surface area is 112 Å². The summed E-state index contributed by atoms with van der Waals surface area (Å²) in [6, 6.07) is 1.79. The van der Waals surface area contributed by atoms with Crippen LogP contribution in [0.15, 0.2) is 6.07 Å². The summed E-state index contributed by atoms with van der Waals surface area (Å²) in [5, 5.41) is 6.82. The summed E-state index contributed by atoms with van der Waals surface area (Å²) >= 11 is 0. The summed E-state index contributed by atoms with van der Waals surface area (Å²) in [6.07, 6.45) is -0.256. The molecule has 0 atom stereocenters. The van der Waals surface area contributed by atoms with E-state index in [4.69, 9.17) is 10.5 Å². The molecule has 0 aliphatic carbocycles. The van der Waals surface area contributed by atoms with Crippen molar-refractivity contribution >= 4 is 17.7 Å². The third kappa shape index (κ3) is 3.52. The van der Waals surface area contributed by atoms with Gasteiger partial charge in [-0.25, -0.2) is 4.79 Å². The maximum Gasteiger partial charge on any atom is 0.410 e. The first-order valence-corrected chi connectivity index (χ1v) is 6.39. The van der Waals surface area contributed by atoms with E-state index in [2.05, 4.69) is 15.1 Å². The number of H-pyrrole nitrogens is 1. The number of hydrogen-bond donors (Lipinski definition) is 2. The van der Waals surface area contributed by atoms with Crippen molar-refractivity contribution in [2.75, 3.05) is 36.8 Å². The Bertz CT molecular complexity index is 443. The fourth-order valence-electron chi connectivity index (χ4n) is 1.93. The predicted molar refractivity (Wildman–Crippen MR) is 73.0 cm³/mol. The first kappa shape index (κ1) is 13.5. The van der Waals surface area contributed by atoms with E-state index in [1.807, 2.05) is 20.8 Å². The molecular weight excluding hydrogens is 246 g/mol. The molecule has 1 aromatic rings. The number of ether oxygens (including phenoxy) is 1. The number of piperazine rings is 1. The van der Waals surface area contributed by atoms with Gasteiger partial charge in [-0.1, -0.05) is 0 Å². The summed E-state index contributed by atoms with van der Waals surface area (Å²) in [6.45, 7) is 8.31. The maximum absolute atomic E-state index is 11.9. The SMILES string of the molecule is CC(C)(C)OC(=O)N1CCN(c2cc(N)[nH]n2)CC1. The Morgan fingerprint density at radius 1 is 1.37 bits per heavy atom. The van der Waals surface area contributed by atoms with Gasteiger partial charge < -0.3 is 20.3 Å². The van der Waals surface area contributed by atoms with Crippen molar-refractivity contribution in [2.45, 2.75) is 26.4 Å². The molecule has 1 aromatic heterocycles. The second-order valence-corrected chi connectivity index (χ2v) is 5.64. The van der Waals surface area contributed by atoms with Crippen LogP contribution in [0, 0.1) is 0 Å². The number of aromatic nitrogens is 2. The van der Waals surface area contributed by atoms with Gasteiger partial charge in [0.25, 0.3) is 0 Å². The van der Waals surface area contributed by atoms with Crippen molar-refractivity contribution in [1.29, 1.82) is 0 Å². The van der Waals surface area contributed by atoms with E-state index in [1.165, 1.54) is 0 Å². The Balaban J connectivity index is 1.87. The van der Waals surface area contributed by atoms with Crippen LogP contribution >= 0.6 is 0 Å². The molecule has 0 aromatic carbocycles. The number of nitrogens with two attached hydrogens (primary N) is 1. The van der Waals surface area contributed by atoms with Gasteiger partial charge in [0.15, 0.2) is 5.82 Å². The van der Waals surface area contributed by atoms with E-state index < -0.39 is 5.60 Å². The Morgan fingerprint density at radius 3 is 2.47 bits per heavy atom. The lowest BCUT2D eigenvalue weighted by molar-refractivity contribution is 0.0240. The fraction of sp³-hybridized carbons (Fsp3) is 0.667. The van der Waals surface area contributed by atoms with Gasteiger partial charge in [0.05, 0.1) is 0 Å². The number of anilines is 2. The van der Waals surface area contributed by atoms with Crippen LogP contribution in [0.1, 0.15) is 20.8 Å². The lowest BCUT2D eigenvalue weighted by atomic mass is 10.2. The van der Waals surface area contributed by atoms with Gasteiger partial charge in [0.2, 0.25) is 0 Å². The lowest BCUT2D eigenvalue weighted by Crippen LogP contribution is -2.50. The standard InChI is InChI=1S/C12H21N5O2/c1-12(2,3)19-11(18)17-6-4-16(5-7-17)10-8-9(13)14-15-10/h8H,4-7H2,1-3H3,(H3,13,14,15). The number of amides is 1. The zero-order chi connectivity index (χ0) is 14.0. The average Bonchev–Trinajstić information content (AvgIpc) is 2.74. The van der Waals surface area contributed by atoms with Crippen LogP contribution in [0.5, 0.6) is 0 Å². The van der Waals surface area contributed by atoms with Crippen LogP contribution in [-0.4, -0.2) is 53.0 Å². The molecule has 1 saturated heterocycles. The predicted octanol–water partition coefficient (Wildman–Crippen LogP) is 1.05. The molecule has 0 unspecified atom stereocenters. The average molecular weight is 267 g/mol. The van der Waals surface area contributed by atoms with Gasteiger partial charge >= 0.3 is 6.09 Å². The van der Waals surface area contributed by atoms with Crippen molar-refractivity contribution in [2.24, 2.45) is 0 Å². The number of nitrogens with one attached hydrogen (secondary N) is 1. The molecule has 1 aliphatic heterocycles. The molecule has 7 heteroatoms. The molecule has 1 amide bonds. The van der Waals surface area contributed by atoms with Crippen molar-refractivity contribution in [3.8, 4) is 0 Å². The molecule has 0 saturated carbocycles. The van der Waals surface area contributed by atoms with E-state index >= 15 is 0 Å². The van der Waals surface area contributed by atoms with Gasteiger partial charge in [-0.15, -0.1) is 0 Å². The van der Waals surface area contributed by atoms with Gasteiger partial charge in [-0.2, -0.15) is 5.10 Å². The minimum Gasteiger partial charge on any atom is -0.444 e. The minimum atomic E-state index is -0.454. The molecule has 0 spiro atoms. The van der Waals surface area contributed by atoms with Crippen molar-refractivity contribution < 1.29 is 9.53 Å². The fourth-order valence-corrected chi connectivity index (χ4v) is 1.93. The highest BCUT2D eigenvalue weighted by atomic mass is 16.6. The summed E-state index contributed by atoms with van der Waals surface area (Å²) in [4.78, 5) is 15.7. The second-order valence-electron chi connectivity index (χ2n) is 5.64. The number of carbonyl (C=O) groups is 1. The lowest BCUT2D eigenvalue weighted by Gasteiger charge is -2.35. The molecule has 106 valence electrons. The Hall–Kier alpha value is -1.92. The third-order valence-electron chi connectivity index (χ3n) is 2.84. The zero-order valence-electron chi connectivity index (χ0n) is 11.6. The molecule has 0 bridgehead atoms. The van der Waals surface area contributed by atoms with Gasteiger partial charge in [-0.3, -0.25) is 5.10 Å². The second kappa shape index (κ2) is 4.99. The number of rotatable bonds is 1. The van der Waals surface area contributed by atoms with Crippen molar-refractivity contribution in [3.63, 3.8) is 0 Å². The van der Waals surface area contributed by atoms with Crippen LogP contribution in [0.2, 0.25) is 0 Å². The maximum atomic E-state index is 11.9. The smallest absolute Gasteiger partial charge is 0.410 e. The van der Waals surface area contributed by atoms with Gasteiger partial charge in [-0.05, 0) is 20.8 Å². The van der Waals surface area contributed by atoms with E-state index in [0.717, 1.165) is 18.9 Å². The van der Waals surface area contributed by atoms with E-state index in [9.17, 15) is 4.79 Å². The van der Waals surface area contributed by atoms with Gasteiger partial charge in [0.1, 0.15) is 11.4 Å². The van der Waals surface area contributed by atoms with E-state index in [0.29, 0.717) is 18.9 Å². The summed E-state index contributed by atoms with van der Waals surface area (Å²) in [7, 11) is 0. The summed E-state index contributed by atoms with van der Waals surface area (Å²) in [5.41, 5.74) is 5.15. The molecule has 7 nitrogen and oxygen atoms in total. The number of hydrogen-bond acceptors (Lipinski definition) is 5. The summed E-state index contributed by atoms with van der Waals surface area (Å²) < 4.78 is 5.35. The van der Waals surface area contributed by atoms with Crippen LogP contribution in [0.25, 0.3) is 0 Å². The topological polar surface area (TPSA) is 87.5 Å². The normalized spacial score (nSPS) is 16.6. The largest absolute Gasteiger partial charge is 0.444 e. The Kier molecular flexibility index (Phi) is 3.55. The molecule has 1 aliphatic rings. The van der Waals surface area contributed by atoms with Crippen LogP contribution in [0.4, 0.5) is 16.4 Å². The zero-order valence-corrected chi connectivity index (χ0v) is 11.6. The van der Waals surface area contributed by atoms with E-state index in [-0.39, 0.29) is 6.09 Å². The number of aromatic amines is 1. The van der Waals surface area contributed by atoms with Crippen molar-refractivity contribution in [1.82, 2.24) is 15.1 Å². The molecular formula is C12H21N5O2. The molecule has 3 N–H and O–H groups in total. The minimum absolute atomic E-state index is 0.256. The third-order valence-corrected chi connectivity index (χ3v) is 2.84. The number of carbonyl (C=O) groups excluding carboxylic acids is 1. The number of nitrogen functional groups attached to an aromatic ring is 1. The highest BCUT2D eigenvalue weighted by molar-refractivity contribution is 5.68. The van der Waals surface area contributed by atoms with Gasteiger partial charge in [0, 0.05) is 32.2 Å². The first-order valence-electron chi connectivity index (χ1n) is 6.39. The van der Waals surface area contributed by atoms with Crippen LogP contribution in [-0.2, 0) is 4.74 Å². The highest BCUT2D eigenvalue weighted by Crippen LogP contribution is 2.17. The quantitative estimate of drug-likeness (QED) is 0.794.